The van der Waals surface area contributed by atoms with E-state index in [0.717, 1.165) is 44.0 Å². The van der Waals surface area contributed by atoms with Crippen molar-refractivity contribution >= 4 is 0 Å². The van der Waals surface area contributed by atoms with Gasteiger partial charge in [-0.25, -0.2) is 0 Å². The van der Waals surface area contributed by atoms with Gasteiger partial charge in [0.05, 0.1) is 6.10 Å². The average Bonchev–Trinajstić information content (AvgIpc) is 2.48. The number of aliphatic hydroxyl groups is 1. The molecule has 2 heterocycles. The zero-order valence-corrected chi connectivity index (χ0v) is 12.0. The van der Waals surface area contributed by atoms with E-state index in [4.69, 9.17) is 9.47 Å². The fraction of sp³-hybridized carbons (Fsp3) is 0.625. The number of benzene rings is 1. The zero-order valence-electron chi connectivity index (χ0n) is 12.0. The fourth-order valence-corrected chi connectivity index (χ4v) is 3.04. The molecule has 20 heavy (non-hydrogen) atoms. The van der Waals surface area contributed by atoms with E-state index in [2.05, 4.69) is 17.0 Å². The van der Waals surface area contributed by atoms with Gasteiger partial charge in [-0.3, -0.25) is 4.90 Å². The van der Waals surface area contributed by atoms with Gasteiger partial charge in [-0.05, 0) is 56.5 Å². The normalized spacial score (nSPS) is 21.7. The van der Waals surface area contributed by atoms with Gasteiger partial charge in [-0.2, -0.15) is 0 Å². The Morgan fingerprint density at radius 3 is 2.60 bits per heavy atom. The predicted octanol–water partition coefficient (Wildman–Crippen LogP) is 2.05. The number of hydrogen-bond donors (Lipinski definition) is 1. The van der Waals surface area contributed by atoms with E-state index in [1.165, 1.54) is 5.56 Å². The van der Waals surface area contributed by atoms with E-state index >= 15 is 0 Å². The first-order valence-corrected chi connectivity index (χ1v) is 7.51. The van der Waals surface area contributed by atoms with E-state index in [0.29, 0.717) is 19.1 Å². The maximum atomic E-state index is 9.64. The van der Waals surface area contributed by atoms with Crippen molar-refractivity contribution in [2.24, 2.45) is 5.92 Å². The molecule has 0 radical (unpaired) electrons. The van der Waals surface area contributed by atoms with E-state index < -0.39 is 0 Å². The lowest BCUT2D eigenvalue weighted by molar-refractivity contribution is 0.0695. The van der Waals surface area contributed by atoms with Crippen LogP contribution in [0.2, 0.25) is 0 Å². The highest BCUT2D eigenvalue weighted by atomic mass is 16.6. The average molecular weight is 277 g/mol. The van der Waals surface area contributed by atoms with Gasteiger partial charge in [-0.15, -0.1) is 0 Å². The van der Waals surface area contributed by atoms with Gasteiger partial charge in [0, 0.05) is 6.54 Å². The maximum Gasteiger partial charge on any atom is 0.161 e. The summed E-state index contributed by atoms with van der Waals surface area (Å²) in [4.78, 5) is 2.45. The lowest BCUT2D eigenvalue weighted by Crippen LogP contribution is -2.36. The number of aliphatic hydroxyl groups excluding tert-OH is 1. The van der Waals surface area contributed by atoms with Crippen molar-refractivity contribution in [1.29, 1.82) is 0 Å². The summed E-state index contributed by atoms with van der Waals surface area (Å²) in [5.74, 6) is 2.19. The Labute approximate surface area is 120 Å². The van der Waals surface area contributed by atoms with Crippen molar-refractivity contribution in [2.45, 2.75) is 32.4 Å². The standard InChI is InChI=1S/C16H23NO3/c1-12(18)14-4-6-17(7-5-14)11-13-2-3-15-16(10-13)20-9-8-19-15/h2-3,10,12,14,18H,4-9,11H2,1H3. The molecule has 0 amide bonds. The molecule has 1 N–H and O–H groups in total. The summed E-state index contributed by atoms with van der Waals surface area (Å²) < 4.78 is 11.2. The Morgan fingerprint density at radius 2 is 1.90 bits per heavy atom. The highest BCUT2D eigenvalue weighted by Gasteiger charge is 2.23. The first kappa shape index (κ1) is 13.7. The number of fused-ring (bicyclic) bond motifs is 1. The first-order valence-electron chi connectivity index (χ1n) is 7.51. The molecule has 0 aliphatic carbocycles. The van der Waals surface area contributed by atoms with Gasteiger partial charge in [0.15, 0.2) is 11.5 Å². The van der Waals surface area contributed by atoms with Crippen molar-refractivity contribution in [1.82, 2.24) is 4.90 Å². The van der Waals surface area contributed by atoms with Gasteiger partial charge in [0.2, 0.25) is 0 Å². The summed E-state index contributed by atoms with van der Waals surface area (Å²) in [5, 5.41) is 9.64. The Balaban J connectivity index is 1.59. The third-order valence-corrected chi connectivity index (χ3v) is 4.33. The number of likely N-dealkylation sites (tertiary alicyclic amines) is 1. The van der Waals surface area contributed by atoms with Crippen LogP contribution in [-0.2, 0) is 6.54 Å². The van der Waals surface area contributed by atoms with Crippen LogP contribution in [-0.4, -0.2) is 42.4 Å². The van der Waals surface area contributed by atoms with Crippen LogP contribution in [0.3, 0.4) is 0 Å². The van der Waals surface area contributed by atoms with Crippen LogP contribution in [0.25, 0.3) is 0 Å². The zero-order chi connectivity index (χ0) is 13.9. The van der Waals surface area contributed by atoms with E-state index in [1.807, 2.05) is 13.0 Å². The fourth-order valence-electron chi connectivity index (χ4n) is 3.04. The molecule has 1 fully saturated rings. The third kappa shape index (κ3) is 3.07. The van der Waals surface area contributed by atoms with Crippen molar-refractivity contribution in [3.63, 3.8) is 0 Å². The molecule has 110 valence electrons. The second-order valence-electron chi connectivity index (χ2n) is 5.83. The number of hydrogen-bond acceptors (Lipinski definition) is 4. The molecule has 0 saturated carbocycles. The van der Waals surface area contributed by atoms with Crippen molar-refractivity contribution in [3.8, 4) is 11.5 Å². The topological polar surface area (TPSA) is 41.9 Å². The largest absolute Gasteiger partial charge is 0.486 e. The van der Waals surface area contributed by atoms with E-state index in [-0.39, 0.29) is 6.10 Å². The molecule has 1 saturated heterocycles. The molecule has 1 unspecified atom stereocenters. The quantitative estimate of drug-likeness (QED) is 0.918. The van der Waals surface area contributed by atoms with Crippen molar-refractivity contribution in [2.75, 3.05) is 26.3 Å². The van der Waals surface area contributed by atoms with Crippen LogP contribution >= 0.6 is 0 Å². The monoisotopic (exact) mass is 277 g/mol. The lowest BCUT2D eigenvalue weighted by Gasteiger charge is -2.33. The van der Waals surface area contributed by atoms with E-state index in [9.17, 15) is 5.11 Å². The molecule has 3 rings (SSSR count). The van der Waals surface area contributed by atoms with Crippen molar-refractivity contribution < 1.29 is 14.6 Å². The molecule has 4 nitrogen and oxygen atoms in total. The molecule has 1 atom stereocenters. The smallest absolute Gasteiger partial charge is 0.161 e. The Kier molecular flexibility index (Phi) is 4.13. The van der Waals surface area contributed by atoms with Crippen LogP contribution in [0.1, 0.15) is 25.3 Å². The molecule has 1 aromatic carbocycles. The molecule has 0 aromatic heterocycles. The number of piperidine rings is 1. The van der Waals surface area contributed by atoms with Gasteiger partial charge in [0.25, 0.3) is 0 Å². The summed E-state index contributed by atoms with van der Waals surface area (Å²) in [7, 11) is 0. The number of ether oxygens (including phenoxy) is 2. The molecule has 2 aliphatic rings. The SMILES string of the molecule is CC(O)C1CCN(Cc2ccc3c(c2)OCCO3)CC1. The van der Waals surface area contributed by atoms with Crippen LogP contribution < -0.4 is 9.47 Å². The number of rotatable bonds is 3. The highest BCUT2D eigenvalue weighted by Crippen LogP contribution is 2.31. The molecule has 1 aromatic rings. The summed E-state index contributed by atoms with van der Waals surface area (Å²) >= 11 is 0. The highest BCUT2D eigenvalue weighted by molar-refractivity contribution is 5.43. The van der Waals surface area contributed by atoms with Gasteiger partial charge in [-0.1, -0.05) is 6.07 Å². The summed E-state index contributed by atoms with van der Waals surface area (Å²) in [6, 6.07) is 6.22. The van der Waals surface area contributed by atoms with Gasteiger partial charge < -0.3 is 14.6 Å². The Morgan fingerprint density at radius 1 is 1.20 bits per heavy atom. The van der Waals surface area contributed by atoms with E-state index in [1.54, 1.807) is 0 Å². The maximum absolute atomic E-state index is 9.64. The minimum atomic E-state index is -0.175. The summed E-state index contributed by atoms with van der Waals surface area (Å²) in [6.07, 6.45) is 2.00. The Bertz CT molecular complexity index is 453. The number of nitrogens with zero attached hydrogens (tertiary/aromatic N) is 1. The molecule has 0 spiro atoms. The third-order valence-electron chi connectivity index (χ3n) is 4.33. The lowest BCUT2D eigenvalue weighted by atomic mass is 9.92. The van der Waals surface area contributed by atoms with Crippen molar-refractivity contribution in [3.05, 3.63) is 23.8 Å². The second-order valence-corrected chi connectivity index (χ2v) is 5.83. The summed E-state index contributed by atoms with van der Waals surface area (Å²) in [5.41, 5.74) is 1.27. The van der Waals surface area contributed by atoms with Crippen LogP contribution in [0, 0.1) is 5.92 Å². The van der Waals surface area contributed by atoms with Crippen LogP contribution in [0.4, 0.5) is 0 Å². The minimum Gasteiger partial charge on any atom is -0.486 e. The molecule has 4 heteroatoms. The molecule has 2 aliphatic heterocycles. The molecule has 0 bridgehead atoms. The Hall–Kier alpha value is -1.26. The first-order chi connectivity index (χ1) is 9.72. The summed E-state index contributed by atoms with van der Waals surface area (Å²) in [6.45, 7) is 6.24. The molecular weight excluding hydrogens is 254 g/mol. The predicted molar refractivity (Wildman–Crippen MR) is 77.1 cm³/mol. The van der Waals surface area contributed by atoms with Crippen LogP contribution in [0.5, 0.6) is 11.5 Å². The minimum absolute atomic E-state index is 0.175. The molecular formula is C16H23NO3. The van der Waals surface area contributed by atoms with Gasteiger partial charge >= 0.3 is 0 Å². The van der Waals surface area contributed by atoms with Gasteiger partial charge in [0.1, 0.15) is 13.2 Å². The second kappa shape index (κ2) is 6.02. The van der Waals surface area contributed by atoms with Crippen LogP contribution in [0.15, 0.2) is 18.2 Å².